The van der Waals surface area contributed by atoms with Crippen LogP contribution in [0, 0.1) is 0 Å². The highest BCUT2D eigenvalue weighted by molar-refractivity contribution is 6.32. The van der Waals surface area contributed by atoms with Crippen LogP contribution in [-0.4, -0.2) is 15.1 Å². The largest absolute Gasteiger partial charge is 0.508 e. The second-order valence-corrected chi connectivity index (χ2v) is 3.34. The number of hydrogen-bond donors (Lipinski definition) is 2. The predicted molar refractivity (Wildman–Crippen MR) is 57.0 cm³/mol. The molecule has 1 heterocycles. The average molecular weight is 223 g/mol. The third-order valence-corrected chi connectivity index (χ3v) is 2.22. The van der Waals surface area contributed by atoms with Crippen LogP contribution < -0.4 is 5.69 Å². The van der Waals surface area contributed by atoms with Crippen LogP contribution in [0.3, 0.4) is 0 Å². The van der Waals surface area contributed by atoms with Crippen molar-refractivity contribution in [2.24, 2.45) is 0 Å². The van der Waals surface area contributed by atoms with Gasteiger partial charge >= 0.3 is 5.69 Å². The van der Waals surface area contributed by atoms with Gasteiger partial charge in [-0.25, -0.2) is 9.78 Å². The Bertz CT molecular complexity index is 551. The van der Waals surface area contributed by atoms with E-state index in [-0.39, 0.29) is 10.9 Å². The molecular formula is C10H7ClN2O2. The molecule has 5 heteroatoms. The lowest BCUT2D eigenvalue weighted by Crippen LogP contribution is -2.09. The highest BCUT2D eigenvalue weighted by Crippen LogP contribution is 2.26. The second-order valence-electron chi connectivity index (χ2n) is 2.97. The molecular weight excluding hydrogens is 216 g/mol. The minimum absolute atomic E-state index is 0.134. The van der Waals surface area contributed by atoms with Gasteiger partial charge in [0.25, 0.3) is 0 Å². The summed E-state index contributed by atoms with van der Waals surface area (Å²) in [5.41, 5.74) is 0.778. The van der Waals surface area contributed by atoms with Gasteiger partial charge in [-0.1, -0.05) is 23.7 Å². The zero-order valence-electron chi connectivity index (χ0n) is 7.57. The smallest absolute Gasteiger partial charge is 0.346 e. The zero-order valence-corrected chi connectivity index (χ0v) is 8.32. The van der Waals surface area contributed by atoms with Crippen molar-refractivity contribution >= 4 is 11.6 Å². The molecule has 0 aliphatic heterocycles. The fraction of sp³-hybridized carbons (Fsp3) is 0. The Hall–Kier alpha value is -1.81. The normalized spacial score (nSPS) is 10.2. The summed E-state index contributed by atoms with van der Waals surface area (Å²) >= 11 is 5.84. The van der Waals surface area contributed by atoms with Gasteiger partial charge in [0.15, 0.2) is 0 Å². The molecule has 0 fully saturated rings. The van der Waals surface area contributed by atoms with Crippen LogP contribution in [0.25, 0.3) is 11.1 Å². The lowest BCUT2D eigenvalue weighted by molar-refractivity contribution is 0.475. The van der Waals surface area contributed by atoms with E-state index in [4.69, 9.17) is 11.6 Å². The van der Waals surface area contributed by atoms with Crippen LogP contribution >= 0.6 is 11.6 Å². The number of phenolic OH excluding ortho intramolecular Hbond substituents is 1. The van der Waals surface area contributed by atoms with Crippen LogP contribution in [0.15, 0.2) is 35.3 Å². The molecule has 2 aromatic rings. The SMILES string of the molecule is O=c1ncc(-c2cccc(O)c2)c(Cl)[nH]1. The number of nitrogens with zero attached hydrogens (tertiary/aromatic N) is 1. The first-order valence-corrected chi connectivity index (χ1v) is 4.59. The van der Waals surface area contributed by atoms with Crippen LogP contribution in [0.2, 0.25) is 5.15 Å². The number of rotatable bonds is 1. The summed E-state index contributed by atoms with van der Waals surface area (Å²) in [5.74, 6) is 0.134. The number of H-pyrrole nitrogens is 1. The van der Waals surface area contributed by atoms with Gasteiger partial charge in [0.2, 0.25) is 0 Å². The zero-order chi connectivity index (χ0) is 10.8. The summed E-state index contributed by atoms with van der Waals surface area (Å²) in [5, 5.41) is 9.49. The van der Waals surface area contributed by atoms with E-state index in [9.17, 15) is 9.90 Å². The molecule has 15 heavy (non-hydrogen) atoms. The van der Waals surface area contributed by atoms with E-state index in [0.29, 0.717) is 11.1 Å². The van der Waals surface area contributed by atoms with Gasteiger partial charge in [0.1, 0.15) is 10.9 Å². The molecule has 76 valence electrons. The number of aromatic hydroxyl groups is 1. The highest BCUT2D eigenvalue weighted by Gasteiger charge is 2.05. The standard InChI is InChI=1S/C10H7ClN2O2/c11-9-8(5-12-10(15)13-9)6-2-1-3-7(14)4-6/h1-5,14H,(H,12,13,15). The molecule has 2 N–H and O–H groups in total. The van der Waals surface area contributed by atoms with Crippen molar-refractivity contribution in [3.05, 3.63) is 46.1 Å². The summed E-state index contributed by atoms with van der Waals surface area (Å²) in [6.07, 6.45) is 1.37. The maximum Gasteiger partial charge on any atom is 0.346 e. The number of benzene rings is 1. The summed E-state index contributed by atoms with van der Waals surface area (Å²) in [6.45, 7) is 0. The van der Waals surface area contributed by atoms with Crippen molar-refractivity contribution in [1.29, 1.82) is 0 Å². The van der Waals surface area contributed by atoms with Crippen molar-refractivity contribution in [3.8, 4) is 16.9 Å². The molecule has 2 rings (SSSR count). The summed E-state index contributed by atoms with van der Waals surface area (Å²) < 4.78 is 0. The Balaban J connectivity index is 2.59. The number of phenols is 1. The first kappa shape index (κ1) is 9.73. The van der Waals surface area contributed by atoms with Gasteiger partial charge in [-0.3, -0.25) is 4.98 Å². The van der Waals surface area contributed by atoms with Crippen LogP contribution in [0.4, 0.5) is 0 Å². The molecule has 0 saturated carbocycles. The third kappa shape index (κ3) is 1.99. The second kappa shape index (κ2) is 3.74. The number of aromatic amines is 1. The van der Waals surface area contributed by atoms with Gasteiger partial charge in [-0.15, -0.1) is 0 Å². The van der Waals surface area contributed by atoms with E-state index in [0.717, 1.165) is 0 Å². The molecule has 1 aromatic heterocycles. The van der Waals surface area contributed by atoms with Crippen LogP contribution in [-0.2, 0) is 0 Å². The van der Waals surface area contributed by atoms with Gasteiger partial charge in [0.05, 0.1) is 0 Å². The van der Waals surface area contributed by atoms with Crippen molar-refractivity contribution in [1.82, 2.24) is 9.97 Å². The number of nitrogens with one attached hydrogen (secondary N) is 1. The number of halogens is 1. The maximum atomic E-state index is 10.8. The fourth-order valence-corrected chi connectivity index (χ4v) is 1.49. The van der Waals surface area contributed by atoms with E-state index < -0.39 is 5.69 Å². The van der Waals surface area contributed by atoms with E-state index in [1.165, 1.54) is 6.20 Å². The molecule has 1 aromatic carbocycles. The van der Waals surface area contributed by atoms with E-state index >= 15 is 0 Å². The van der Waals surface area contributed by atoms with Crippen LogP contribution in [0.1, 0.15) is 0 Å². The van der Waals surface area contributed by atoms with Crippen LogP contribution in [0.5, 0.6) is 5.75 Å². The first-order valence-electron chi connectivity index (χ1n) is 4.21. The Labute approximate surface area is 90.2 Å². The molecule has 0 atom stereocenters. The monoisotopic (exact) mass is 222 g/mol. The predicted octanol–water partition coefficient (Wildman–Crippen LogP) is 1.80. The molecule has 0 saturated heterocycles. The molecule has 0 spiro atoms. The van der Waals surface area contributed by atoms with E-state index in [1.54, 1.807) is 24.3 Å². The molecule has 4 nitrogen and oxygen atoms in total. The van der Waals surface area contributed by atoms with E-state index in [2.05, 4.69) is 9.97 Å². The fourth-order valence-electron chi connectivity index (χ4n) is 1.25. The lowest BCUT2D eigenvalue weighted by atomic mass is 10.1. The summed E-state index contributed by atoms with van der Waals surface area (Å²) in [7, 11) is 0. The maximum absolute atomic E-state index is 10.8. The average Bonchev–Trinajstić information content (AvgIpc) is 2.17. The first-order chi connectivity index (χ1) is 7.16. The van der Waals surface area contributed by atoms with Crippen molar-refractivity contribution < 1.29 is 5.11 Å². The minimum atomic E-state index is -0.496. The molecule has 0 unspecified atom stereocenters. The molecule has 0 amide bonds. The Kier molecular flexibility index (Phi) is 2.43. The molecule has 0 aliphatic rings. The molecule has 0 aliphatic carbocycles. The van der Waals surface area contributed by atoms with Crippen molar-refractivity contribution in [3.63, 3.8) is 0 Å². The molecule has 0 bridgehead atoms. The Morgan fingerprint density at radius 1 is 1.40 bits per heavy atom. The summed E-state index contributed by atoms with van der Waals surface area (Å²) in [4.78, 5) is 16.8. The Morgan fingerprint density at radius 2 is 2.20 bits per heavy atom. The van der Waals surface area contributed by atoms with E-state index in [1.807, 2.05) is 0 Å². The van der Waals surface area contributed by atoms with Gasteiger partial charge < -0.3 is 5.11 Å². The topological polar surface area (TPSA) is 66.0 Å². The number of aromatic nitrogens is 2. The highest BCUT2D eigenvalue weighted by atomic mass is 35.5. The van der Waals surface area contributed by atoms with Gasteiger partial charge in [-0.05, 0) is 17.7 Å². The lowest BCUT2D eigenvalue weighted by Gasteiger charge is -2.02. The summed E-state index contributed by atoms with van der Waals surface area (Å²) in [6, 6.07) is 6.55. The Morgan fingerprint density at radius 3 is 2.87 bits per heavy atom. The number of hydrogen-bond acceptors (Lipinski definition) is 3. The van der Waals surface area contributed by atoms with Gasteiger partial charge in [-0.2, -0.15) is 0 Å². The van der Waals surface area contributed by atoms with Gasteiger partial charge in [0, 0.05) is 11.8 Å². The molecule has 0 radical (unpaired) electrons. The van der Waals surface area contributed by atoms with Crippen molar-refractivity contribution in [2.75, 3.05) is 0 Å². The third-order valence-electron chi connectivity index (χ3n) is 1.92. The quantitative estimate of drug-likeness (QED) is 0.723. The minimum Gasteiger partial charge on any atom is -0.508 e. The van der Waals surface area contributed by atoms with Crippen molar-refractivity contribution in [2.45, 2.75) is 0 Å².